The van der Waals surface area contributed by atoms with Crippen LogP contribution >= 0.6 is 11.6 Å². The van der Waals surface area contributed by atoms with Gasteiger partial charge in [0.25, 0.3) is 0 Å². The molecule has 1 aliphatic rings. The molecule has 3 nitrogen and oxygen atoms in total. The van der Waals surface area contributed by atoms with E-state index in [4.69, 9.17) is 22.1 Å². The Morgan fingerprint density at radius 2 is 2.32 bits per heavy atom. The van der Waals surface area contributed by atoms with Gasteiger partial charge in [0, 0.05) is 42.9 Å². The van der Waals surface area contributed by atoms with Gasteiger partial charge in [0.1, 0.15) is 0 Å². The van der Waals surface area contributed by atoms with Crippen LogP contribution in [-0.4, -0.2) is 32.8 Å². The van der Waals surface area contributed by atoms with E-state index < -0.39 is 0 Å². The number of hydrogen-bond donors (Lipinski definition) is 1. The lowest BCUT2D eigenvalue weighted by atomic mass is 10.1. The van der Waals surface area contributed by atoms with Crippen molar-refractivity contribution in [2.24, 2.45) is 11.7 Å². The van der Waals surface area contributed by atoms with Crippen molar-refractivity contribution in [2.75, 3.05) is 31.7 Å². The minimum Gasteiger partial charge on any atom is -0.384 e. The maximum absolute atomic E-state index is 6.34. The van der Waals surface area contributed by atoms with Gasteiger partial charge in [0.15, 0.2) is 0 Å². The molecule has 1 aliphatic heterocycles. The molecule has 1 fully saturated rings. The first-order chi connectivity index (χ1) is 9.10. The number of nitrogens with zero attached hydrogens (tertiary/aromatic N) is 1. The summed E-state index contributed by atoms with van der Waals surface area (Å²) in [6, 6.07) is 6.46. The van der Waals surface area contributed by atoms with Crippen LogP contribution in [0.1, 0.15) is 18.9 Å². The van der Waals surface area contributed by atoms with Crippen molar-refractivity contribution in [1.29, 1.82) is 0 Å². The van der Waals surface area contributed by atoms with Gasteiger partial charge in [-0.1, -0.05) is 17.7 Å². The van der Waals surface area contributed by atoms with E-state index in [2.05, 4.69) is 23.1 Å². The molecule has 2 N–H and O–H groups in total. The third-order valence-electron chi connectivity index (χ3n) is 3.63. The number of nitrogens with two attached hydrogens (primary N) is 1. The SMILES string of the molecule is COCC1CCN(c2ccc(CC(C)N)c(Cl)c2)C1. The summed E-state index contributed by atoms with van der Waals surface area (Å²) in [6.45, 7) is 4.97. The summed E-state index contributed by atoms with van der Waals surface area (Å²) in [7, 11) is 1.77. The molecular weight excluding hydrogens is 260 g/mol. The molecule has 4 heteroatoms. The van der Waals surface area contributed by atoms with Crippen LogP contribution in [0.25, 0.3) is 0 Å². The van der Waals surface area contributed by atoms with Gasteiger partial charge in [-0.15, -0.1) is 0 Å². The first-order valence-corrected chi connectivity index (χ1v) is 7.26. The third-order valence-corrected chi connectivity index (χ3v) is 3.98. The lowest BCUT2D eigenvalue weighted by molar-refractivity contribution is 0.161. The minimum absolute atomic E-state index is 0.140. The van der Waals surface area contributed by atoms with Gasteiger partial charge in [-0.2, -0.15) is 0 Å². The highest BCUT2D eigenvalue weighted by Gasteiger charge is 2.22. The molecule has 1 aromatic rings. The minimum atomic E-state index is 0.140. The first-order valence-electron chi connectivity index (χ1n) is 6.88. The van der Waals surface area contributed by atoms with Gasteiger partial charge in [-0.3, -0.25) is 0 Å². The van der Waals surface area contributed by atoms with Gasteiger partial charge in [-0.25, -0.2) is 0 Å². The maximum Gasteiger partial charge on any atom is 0.0508 e. The Hall–Kier alpha value is -0.770. The Morgan fingerprint density at radius 1 is 1.53 bits per heavy atom. The van der Waals surface area contributed by atoms with Crippen LogP contribution in [0.4, 0.5) is 5.69 Å². The summed E-state index contributed by atoms with van der Waals surface area (Å²) in [5, 5.41) is 0.824. The van der Waals surface area contributed by atoms with Crippen molar-refractivity contribution >= 4 is 17.3 Å². The van der Waals surface area contributed by atoms with Crippen LogP contribution in [0.15, 0.2) is 18.2 Å². The number of anilines is 1. The molecule has 106 valence electrons. The molecule has 1 aromatic carbocycles. The van der Waals surface area contributed by atoms with E-state index in [9.17, 15) is 0 Å². The van der Waals surface area contributed by atoms with Gasteiger partial charge in [-0.05, 0) is 37.5 Å². The molecule has 0 radical (unpaired) electrons. The van der Waals surface area contributed by atoms with E-state index in [0.29, 0.717) is 5.92 Å². The summed E-state index contributed by atoms with van der Waals surface area (Å²) in [5.41, 5.74) is 8.16. The Morgan fingerprint density at radius 3 is 2.95 bits per heavy atom. The fourth-order valence-electron chi connectivity index (χ4n) is 2.68. The second kappa shape index (κ2) is 6.60. The monoisotopic (exact) mass is 282 g/mol. The number of ether oxygens (including phenoxy) is 1. The topological polar surface area (TPSA) is 38.5 Å². The summed E-state index contributed by atoms with van der Waals surface area (Å²) < 4.78 is 5.23. The summed E-state index contributed by atoms with van der Waals surface area (Å²) in [6.07, 6.45) is 2.01. The number of hydrogen-bond acceptors (Lipinski definition) is 3. The molecule has 0 bridgehead atoms. The van der Waals surface area contributed by atoms with E-state index in [-0.39, 0.29) is 6.04 Å². The maximum atomic E-state index is 6.34. The molecule has 0 aromatic heterocycles. The Kier molecular flexibility index (Phi) is 5.08. The van der Waals surface area contributed by atoms with Crippen LogP contribution in [0.5, 0.6) is 0 Å². The van der Waals surface area contributed by atoms with Gasteiger partial charge >= 0.3 is 0 Å². The van der Waals surface area contributed by atoms with E-state index in [0.717, 1.165) is 36.7 Å². The highest BCUT2D eigenvalue weighted by molar-refractivity contribution is 6.31. The number of rotatable bonds is 5. The van der Waals surface area contributed by atoms with Crippen LogP contribution < -0.4 is 10.6 Å². The zero-order valence-corrected chi connectivity index (χ0v) is 12.5. The van der Waals surface area contributed by atoms with Gasteiger partial charge in [0.2, 0.25) is 0 Å². The molecule has 1 heterocycles. The lowest BCUT2D eigenvalue weighted by Gasteiger charge is -2.20. The quantitative estimate of drug-likeness (QED) is 0.902. The third kappa shape index (κ3) is 3.85. The number of benzene rings is 1. The van der Waals surface area contributed by atoms with E-state index >= 15 is 0 Å². The van der Waals surface area contributed by atoms with Crippen molar-refractivity contribution < 1.29 is 4.74 Å². The molecule has 0 saturated carbocycles. The Bertz CT molecular complexity index is 423. The molecule has 0 spiro atoms. The molecule has 0 aliphatic carbocycles. The molecule has 2 unspecified atom stereocenters. The molecule has 0 amide bonds. The van der Waals surface area contributed by atoms with E-state index in [1.807, 2.05) is 6.92 Å². The summed E-state index contributed by atoms with van der Waals surface area (Å²) in [4.78, 5) is 2.38. The van der Waals surface area contributed by atoms with Crippen LogP contribution in [0, 0.1) is 5.92 Å². The molecule has 2 atom stereocenters. The molecule has 1 saturated heterocycles. The van der Waals surface area contributed by atoms with E-state index in [1.54, 1.807) is 7.11 Å². The second-order valence-corrected chi connectivity index (χ2v) is 5.92. The summed E-state index contributed by atoms with van der Waals surface area (Å²) in [5.74, 6) is 0.632. The predicted octanol–water partition coefficient (Wildman–Crippen LogP) is 2.70. The van der Waals surface area contributed by atoms with Crippen molar-refractivity contribution in [3.8, 4) is 0 Å². The Balaban J connectivity index is 2.04. The van der Waals surface area contributed by atoms with Crippen LogP contribution in [0.2, 0.25) is 5.02 Å². The van der Waals surface area contributed by atoms with Crippen molar-refractivity contribution in [3.63, 3.8) is 0 Å². The standard InChI is InChI=1S/C15H23ClN2O/c1-11(17)7-13-3-4-14(8-15(13)16)18-6-5-12(9-18)10-19-2/h3-4,8,11-12H,5-7,9-10,17H2,1-2H3. The lowest BCUT2D eigenvalue weighted by Crippen LogP contribution is -2.21. The van der Waals surface area contributed by atoms with Crippen LogP contribution in [0.3, 0.4) is 0 Å². The predicted molar refractivity (Wildman–Crippen MR) is 81.0 cm³/mol. The summed E-state index contributed by atoms with van der Waals surface area (Å²) >= 11 is 6.34. The molecule has 2 rings (SSSR count). The largest absolute Gasteiger partial charge is 0.384 e. The van der Waals surface area contributed by atoms with Crippen LogP contribution in [-0.2, 0) is 11.2 Å². The fraction of sp³-hybridized carbons (Fsp3) is 0.600. The smallest absolute Gasteiger partial charge is 0.0508 e. The molecular formula is C15H23ClN2O. The number of halogens is 1. The van der Waals surface area contributed by atoms with Crippen molar-refractivity contribution in [1.82, 2.24) is 0 Å². The average Bonchev–Trinajstić information content (AvgIpc) is 2.80. The Labute approximate surface area is 120 Å². The highest BCUT2D eigenvalue weighted by atomic mass is 35.5. The first kappa shape index (κ1) is 14.6. The molecule has 19 heavy (non-hydrogen) atoms. The highest BCUT2D eigenvalue weighted by Crippen LogP contribution is 2.28. The van der Waals surface area contributed by atoms with Gasteiger partial charge < -0.3 is 15.4 Å². The normalized spacial score (nSPS) is 20.8. The number of methoxy groups -OCH3 is 1. The zero-order valence-electron chi connectivity index (χ0n) is 11.7. The average molecular weight is 283 g/mol. The second-order valence-electron chi connectivity index (χ2n) is 5.51. The van der Waals surface area contributed by atoms with E-state index in [1.165, 1.54) is 12.1 Å². The van der Waals surface area contributed by atoms with Crippen molar-refractivity contribution in [3.05, 3.63) is 28.8 Å². The van der Waals surface area contributed by atoms with Crippen molar-refractivity contribution in [2.45, 2.75) is 25.8 Å². The fourth-order valence-corrected chi connectivity index (χ4v) is 2.94. The van der Waals surface area contributed by atoms with Gasteiger partial charge in [0.05, 0.1) is 6.61 Å². The zero-order chi connectivity index (χ0) is 13.8.